The van der Waals surface area contributed by atoms with E-state index in [0.717, 1.165) is 16.7 Å². The smallest absolute Gasteiger partial charge is 0.179 e. The number of aryl methyl sites for hydroxylation is 3. The number of ketones is 1. The predicted octanol–water partition coefficient (Wildman–Crippen LogP) is 2.53. The van der Waals surface area contributed by atoms with E-state index in [9.17, 15) is 4.79 Å². The molecular weight excluding hydrogens is 186 g/mol. The summed E-state index contributed by atoms with van der Waals surface area (Å²) in [6.45, 7) is 7.96. The zero-order chi connectivity index (χ0) is 11.6. The third-order valence-electron chi connectivity index (χ3n) is 2.88. The van der Waals surface area contributed by atoms with Crippen LogP contribution in [-0.2, 0) is 0 Å². The molecule has 0 aliphatic heterocycles. The molecule has 1 aromatic carbocycles. The normalized spacial score (nSPS) is 12.6. The van der Waals surface area contributed by atoms with Crippen molar-refractivity contribution in [3.8, 4) is 0 Å². The summed E-state index contributed by atoms with van der Waals surface area (Å²) < 4.78 is 0. The van der Waals surface area contributed by atoms with Crippen LogP contribution in [0.4, 0.5) is 0 Å². The first-order valence-corrected chi connectivity index (χ1v) is 5.35. The first-order valence-electron chi connectivity index (χ1n) is 5.35. The van der Waals surface area contributed by atoms with E-state index in [1.807, 2.05) is 32.9 Å². The average Bonchev–Trinajstić information content (AvgIpc) is 2.21. The third-order valence-corrected chi connectivity index (χ3v) is 2.88. The molecule has 15 heavy (non-hydrogen) atoms. The maximum absolute atomic E-state index is 11.9. The SMILES string of the molecule is CCC(N)C(=O)c1cc(C)c(C)cc1C. The van der Waals surface area contributed by atoms with E-state index in [4.69, 9.17) is 5.73 Å². The predicted molar refractivity (Wildman–Crippen MR) is 63.2 cm³/mol. The van der Waals surface area contributed by atoms with E-state index in [0.29, 0.717) is 6.42 Å². The first kappa shape index (κ1) is 11.9. The second-order valence-corrected chi connectivity index (χ2v) is 4.13. The monoisotopic (exact) mass is 205 g/mol. The topological polar surface area (TPSA) is 43.1 Å². The van der Waals surface area contributed by atoms with Crippen molar-refractivity contribution >= 4 is 5.78 Å². The molecule has 82 valence electrons. The lowest BCUT2D eigenvalue weighted by atomic mass is 9.94. The maximum atomic E-state index is 11.9. The molecule has 0 aliphatic rings. The van der Waals surface area contributed by atoms with E-state index in [1.165, 1.54) is 5.56 Å². The first-order chi connectivity index (χ1) is 6.97. The fourth-order valence-corrected chi connectivity index (χ4v) is 1.61. The molecule has 1 rings (SSSR count). The van der Waals surface area contributed by atoms with Gasteiger partial charge in [0.15, 0.2) is 5.78 Å². The Morgan fingerprint density at radius 3 is 2.27 bits per heavy atom. The zero-order valence-electron chi connectivity index (χ0n) is 9.92. The Bertz CT molecular complexity index is 382. The molecule has 0 radical (unpaired) electrons. The minimum atomic E-state index is -0.370. The van der Waals surface area contributed by atoms with Gasteiger partial charge >= 0.3 is 0 Å². The van der Waals surface area contributed by atoms with Gasteiger partial charge in [-0.1, -0.05) is 13.0 Å². The molecule has 0 saturated heterocycles. The molecule has 1 unspecified atom stereocenters. The molecule has 0 aliphatic carbocycles. The number of hydrogen-bond donors (Lipinski definition) is 1. The lowest BCUT2D eigenvalue weighted by Crippen LogP contribution is -2.30. The molecule has 0 bridgehead atoms. The standard InChI is InChI=1S/C13H19NO/c1-5-12(14)13(15)11-7-9(3)8(2)6-10(11)4/h6-7,12H,5,14H2,1-4H3. The van der Waals surface area contributed by atoms with Crippen LogP contribution in [0.2, 0.25) is 0 Å². The summed E-state index contributed by atoms with van der Waals surface area (Å²) in [4.78, 5) is 11.9. The van der Waals surface area contributed by atoms with Crippen LogP contribution in [0.25, 0.3) is 0 Å². The fourth-order valence-electron chi connectivity index (χ4n) is 1.61. The number of carbonyl (C=O) groups is 1. The van der Waals surface area contributed by atoms with Gasteiger partial charge in [0.2, 0.25) is 0 Å². The molecule has 0 saturated carbocycles. The molecule has 2 N–H and O–H groups in total. The van der Waals surface area contributed by atoms with Crippen LogP contribution in [0.5, 0.6) is 0 Å². The highest BCUT2D eigenvalue weighted by molar-refractivity contribution is 6.01. The van der Waals surface area contributed by atoms with E-state index in [1.54, 1.807) is 0 Å². The molecule has 1 aromatic rings. The van der Waals surface area contributed by atoms with Crippen molar-refractivity contribution in [3.63, 3.8) is 0 Å². The van der Waals surface area contributed by atoms with Gasteiger partial charge in [0.25, 0.3) is 0 Å². The van der Waals surface area contributed by atoms with Crippen molar-refractivity contribution in [1.82, 2.24) is 0 Å². The quantitative estimate of drug-likeness (QED) is 0.770. The van der Waals surface area contributed by atoms with Gasteiger partial charge in [0.1, 0.15) is 0 Å². The minimum Gasteiger partial charge on any atom is -0.321 e. The second kappa shape index (κ2) is 4.58. The Morgan fingerprint density at radius 2 is 1.73 bits per heavy atom. The Kier molecular flexibility index (Phi) is 3.64. The molecule has 0 heterocycles. The van der Waals surface area contributed by atoms with Crippen molar-refractivity contribution in [1.29, 1.82) is 0 Å². The average molecular weight is 205 g/mol. The summed E-state index contributed by atoms with van der Waals surface area (Å²) in [6, 6.07) is 3.62. The van der Waals surface area contributed by atoms with Crippen LogP contribution in [0.1, 0.15) is 40.4 Å². The number of rotatable bonds is 3. The summed E-state index contributed by atoms with van der Waals surface area (Å²) in [5, 5.41) is 0. The van der Waals surface area contributed by atoms with Gasteiger partial charge in [0, 0.05) is 5.56 Å². The van der Waals surface area contributed by atoms with Gasteiger partial charge in [-0.15, -0.1) is 0 Å². The molecule has 0 aromatic heterocycles. The summed E-state index contributed by atoms with van der Waals surface area (Å²) >= 11 is 0. The highest BCUT2D eigenvalue weighted by Crippen LogP contribution is 2.17. The van der Waals surface area contributed by atoms with Crippen molar-refractivity contribution < 1.29 is 4.79 Å². The van der Waals surface area contributed by atoms with Gasteiger partial charge in [-0.25, -0.2) is 0 Å². The van der Waals surface area contributed by atoms with Crippen LogP contribution in [0.3, 0.4) is 0 Å². The van der Waals surface area contributed by atoms with E-state index >= 15 is 0 Å². The maximum Gasteiger partial charge on any atom is 0.179 e. The Morgan fingerprint density at radius 1 is 1.20 bits per heavy atom. The summed E-state index contributed by atoms with van der Waals surface area (Å²) in [5.74, 6) is 0.0538. The number of benzene rings is 1. The van der Waals surface area contributed by atoms with Gasteiger partial charge < -0.3 is 5.73 Å². The largest absolute Gasteiger partial charge is 0.321 e. The number of carbonyl (C=O) groups excluding carboxylic acids is 1. The van der Waals surface area contributed by atoms with Gasteiger partial charge in [-0.05, 0) is 49.9 Å². The zero-order valence-corrected chi connectivity index (χ0v) is 9.92. The summed E-state index contributed by atoms with van der Waals surface area (Å²) in [5.41, 5.74) is 9.91. The Balaban J connectivity index is 3.15. The van der Waals surface area contributed by atoms with Crippen molar-refractivity contribution in [2.75, 3.05) is 0 Å². The van der Waals surface area contributed by atoms with Crippen molar-refractivity contribution in [3.05, 3.63) is 34.4 Å². The number of Topliss-reactive ketones (excluding diaryl/α,β-unsaturated/α-hetero) is 1. The molecule has 0 amide bonds. The third kappa shape index (κ3) is 2.45. The molecular formula is C13H19NO. The van der Waals surface area contributed by atoms with Gasteiger partial charge in [-0.2, -0.15) is 0 Å². The van der Waals surface area contributed by atoms with Crippen LogP contribution >= 0.6 is 0 Å². The molecule has 1 atom stereocenters. The van der Waals surface area contributed by atoms with Crippen molar-refractivity contribution in [2.45, 2.75) is 40.2 Å². The van der Waals surface area contributed by atoms with E-state index in [-0.39, 0.29) is 11.8 Å². The fraction of sp³-hybridized carbons (Fsp3) is 0.462. The molecule has 2 heteroatoms. The lowest BCUT2D eigenvalue weighted by Gasteiger charge is -2.12. The number of nitrogens with two attached hydrogens (primary N) is 1. The minimum absolute atomic E-state index is 0.0538. The van der Waals surface area contributed by atoms with E-state index < -0.39 is 0 Å². The van der Waals surface area contributed by atoms with Crippen LogP contribution in [0.15, 0.2) is 12.1 Å². The van der Waals surface area contributed by atoms with Crippen LogP contribution in [-0.4, -0.2) is 11.8 Å². The van der Waals surface area contributed by atoms with Gasteiger partial charge in [0.05, 0.1) is 6.04 Å². The second-order valence-electron chi connectivity index (χ2n) is 4.13. The van der Waals surface area contributed by atoms with Crippen LogP contribution < -0.4 is 5.73 Å². The highest BCUT2D eigenvalue weighted by atomic mass is 16.1. The molecule has 0 fully saturated rings. The summed E-state index contributed by atoms with van der Waals surface area (Å²) in [7, 11) is 0. The van der Waals surface area contributed by atoms with E-state index in [2.05, 4.69) is 6.92 Å². The number of hydrogen-bond acceptors (Lipinski definition) is 2. The molecule has 2 nitrogen and oxygen atoms in total. The Hall–Kier alpha value is -1.15. The van der Waals surface area contributed by atoms with Crippen LogP contribution in [0, 0.1) is 20.8 Å². The highest BCUT2D eigenvalue weighted by Gasteiger charge is 2.16. The lowest BCUT2D eigenvalue weighted by molar-refractivity contribution is 0.0958. The molecule has 0 spiro atoms. The van der Waals surface area contributed by atoms with Gasteiger partial charge in [-0.3, -0.25) is 4.79 Å². The van der Waals surface area contributed by atoms with Crippen molar-refractivity contribution in [2.24, 2.45) is 5.73 Å². The summed E-state index contributed by atoms with van der Waals surface area (Å²) in [6.07, 6.45) is 0.686. The Labute approximate surface area is 91.5 Å².